The molecule has 0 amide bonds. The Balaban J connectivity index is 1.63. The molecule has 0 unspecified atom stereocenters. The van der Waals surface area contributed by atoms with E-state index in [0.717, 1.165) is 31.2 Å². The third-order valence-electron chi connectivity index (χ3n) is 3.97. The summed E-state index contributed by atoms with van der Waals surface area (Å²) >= 11 is 5.93. The van der Waals surface area contributed by atoms with Gasteiger partial charge in [0, 0.05) is 29.6 Å². The topological polar surface area (TPSA) is 21.3 Å². The minimum Gasteiger partial charge on any atom is -0.380 e. The summed E-state index contributed by atoms with van der Waals surface area (Å²) < 4.78 is 5.38. The van der Waals surface area contributed by atoms with Gasteiger partial charge in [0.15, 0.2) is 0 Å². The Morgan fingerprint density at radius 2 is 2.06 bits per heavy atom. The van der Waals surface area contributed by atoms with Crippen molar-refractivity contribution >= 4 is 11.6 Å². The average Bonchev–Trinajstić information content (AvgIpc) is 2.95. The Kier molecular flexibility index (Phi) is 3.12. The van der Waals surface area contributed by atoms with Gasteiger partial charge < -0.3 is 10.1 Å². The highest BCUT2D eigenvalue weighted by Gasteiger charge is 2.44. The van der Waals surface area contributed by atoms with Gasteiger partial charge in [-0.1, -0.05) is 23.7 Å². The first kappa shape index (κ1) is 11.5. The van der Waals surface area contributed by atoms with Crippen LogP contribution in [0.1, 0.15) is 24.8 Å². The number of nitrogens with one attached hydrogen (secondary N) is 1. The van der Waals surface area contributed by atoms with Crippen LogP contribution in [0, 0.1) is 0 Å². The zero-order valence-corrected chi connectivity index (χ0v) is 10.7. The van der Waals surface area contributed by atoms with Crippen LogP contribution < -0.4 is 5.32 Å². The lowest BCUT2D eigenvalue weighted by molar-refractivity contribution is 0.189. The zero-order valence-electron chi connectivity index (χ0n) is 9.92. The number of rotatable bonds is 4. The van der Waals surface area contributed by atoms with E-state index in [2.05, 4.69) is 17.4 Å². The monoisotopic (exact) mass is 251 g/mol. The second-order valence-corrected chi connectivity index (χ2v) is 5.67. The maximum atomic E-state index is 5.93. The van der Waals surface area contributed by atoms with Crippen molar-refractivity contribution in [1.82, 2.24) is 5.32 Å². The highest BCUT2D eigenvalue weighted by molar-refractivity contribution is 6.30. The molecular weight excluding hydrogens is 234 g/mol. The molecule has 3 heteroatoms. The minimum atomic E-state index is 0.368. The molecule has 1 aromatic carbocycles. The van der Waals surface area contributed by atoms with E-state index >= 15 is 0 Å². The van der Waals surface area contributed by atoms with Crippen LogP contribution in [0.2, 0.25) is 5.02 Å². The van der Waals surface area contributed by atoms with Crippen LogP contribution in [-0.4, -0.2) is 25.8 Å². The normalized spacial score (nSPS) is 26.1. The molecule has 1 aliphatic heterocycles. The third kappa shape index (κ3) is 2.49. The van der Waals surface area contributed by atoms with Crippen molar-refractivity contribution in [2.75, 3.05) is 19.8 Å². The molecule has 2 nitrogen and oxygen atoms in total. The summed E-state index contributed by atoms with van der Waals surface area (Å²) in [5.74, 6) is 0. The summed E-state index contributed by atoms with van der Waals surface area (Å²) in [6, 6.07) is 8.88. The van der Waals surface area contributed by atoms with Gasteiger partial charge in [-0.15, -0.1) is 0 Å². The molecule has 0 bridgehead atoms. The maximum Gasteiger partial charge on any atom is 0.0620 e. The summed E-state index contributed by atoms with van der Waals surface area (Å²) in [6.07, 6.45) is 3.72. The quantitative estimate of drug-likeness (QED) is 0.889. The summed E-state index contributed by atoms with van der Waals surface area (Å²) in [7, 11) is 0. The van der Waals surface area contributed by atoms with Crippen molar-refractivity contribution in [2.24, 2.45) is 0 Å². The van der Waals surface area contributed by atoms with Crippen molar-refractivity contribution in [1.29, 1.82) is 0 Å². The molecular formula is C14H18ClNO. The van der Waals surface area contributed by atoms with E-state index in [-0.39, 0.29) is 0 Å². The Hall–Kier alpha value is -0.570. The molecule has 1 atom stereocenters. The second-order valence-electron chi connectivity index (χ2n) is 5.23. The Morgan fingerprint density at radius 1 is 1.29 bits per heavy atom. The van der Waals surface area contributed by atoms with Crippen LogP contribution in [-0.2, 0) is 10.2 Å². The average molecular weight is 252 g/mol. The smallest absolute Gasteiger partial charge is 0.0620 e. The zero-order chi connectivity index (χ0) is 11.7. The van der Waals surface area contributed by atoms with Crippen LogP contribution in [0.3, 0.4) is 0 Å². The third-order valence-corrected chi connectivity index (χ3v) is 4.22. The van der Waals surface area contributed by atoms with Crippen molar-refractivity contribution in [2.45, 2.75) is 30.7 Å². The molecule has 3 rings (SSSR count). The number of benzene rings is 1. The first-order chi connectivity index (χ1) is 8.28. The van der Waals surface area contributed by atoms with Gasteiger partial charge in [-0.3, -0.25) is 0 Å². The van der Waals surface area contributed by atoms with Crippen LogP contribution in [0.5, 0.6) is 0 Å². The van der Waals surface area contributed by atoms with Gasteiger partial charge in [-0.25, -0.2) is 0 Å². The predicted octanol–water partition coefficient (Wildman–Crippen LogP) is 2.75. The second kappa shape index (κ2) is 4.60. The highest BCUT2D eigenvalue weighted by atomic mass is 35.5. The molecule has 1 saturated heterocycles. The van der Waals surface area contributed by atoms with E-state index in [1.807, 2.05) is 12.1 Å². The van der Waals surface area contributed by atoms with Gasteiger partial charge in [0.2, 0.25) is 0 Å². The predicted molar refractivity (Wildman–Crippen MR) is 69.6 cm³/mol. The molecule has 2 aliphatic rings. The van der Waals surface area contributed by atoms with Crippen molar-refractivity contribution in [3.8, 4) is 0 Å². The van der Waals surface area contributed by atoms with E-state index in [1.165, 1.54) is 18.4 Å². The lowest BCUT2D eigenvalue weighted by atomic mass is 9.95. The molecule has 92 valence electrons. The molecule has 1 N–H and O–H groups in total. The molecule has 1 saturated carbocycles. The molecule has 0 aromatic heterocycles. The fraction of sp³-hybridized carbons (Fsp3) is 0.571. The lowest BCUT2D eigenvalue weighted by Crippen LogP contribution is -2.35. The van der Waals surface area contributed by atoms with Gasteiger partial charge in [0.1, 0.15) is 0 Å². The van der Waals surface area contributed by atoms with E-state index in [1.54, 1.807) is 0 Å². The fourth-order valence-corrected chi connectivity index (χ4v) is 2.68. The Labute approximate surface area is 107 Å². The van der Waals surface area contributed by atoms with Gasteiger partial charge >= 0.3 is 0 Å². The minimum absolute atomic E-state index is 0.368. The number of ether oxygens (including phenoxy) is 1. The number of hydrogen-bond donors (Lipinski definition) is 1. The lowest BCUT2D eigenvalue weighted by Gasteiger charge is -2.19. The molecule has 0 spiro atoms. The molecule has 17 heavy (non-hydrogen) atoms. The number of halogens is 1. The summed E-state index contributed by atoms with van der Waals surface area (Å²) in [4.78, 5) is 0. The largest absolute Gasteiger partial charge is 0.380 e. The standard InChI is InChI=1S/C14H18ClNO/c15-12-3-1-11(2-4-12)14(6-7-14)10-16-13-5-8-17-9-13/h1-4,13,16H,5-10H2/t13-/m1/s1. The Bertz CT molecular complexity index is 380. The highest BCUT2D eigenvalue weighted by Crippen LogP contribution is 2.47. The summed E-state index contributed by atoms with van der Waals surface area (Å²) in [5, 5.41) is 4.46. The number of hydrogen-bond acceptors (Lipinski definition) is 2. The Morgan fingerprint density at radius 3 is 2.65 bits per heavy atom. The molecule has 1 aliphatic carbocycles. The van der Waals surface area contributed by atoms with Crippen molar-refractivity contribution < 1.29 is 4.74 Å². The van der Waals surface area contributed by atoms with Crippen LogP contribution in [0.15, 0.2) is 24.3 Å². The van der Waals surface area contributed by atoms with E-state index in [4.69, 9.17) is 16.3 Å². The van der Waals surface area contributed by atoms with Gasteiger partial charge in [0.25, 0.3) is 0 Å². The van der Waals surface area contributed by atoms with Gasteiger partial charge in [-0.05, 0) is 37.0 Å². The molecule has 2 fully saturated rings. The van der Waals surface area contributed by atoms with Crippen LogP contribution in [0.4, 0.5) is 0 Å². The summed E-state index contributed by atoms with van der Waals surface area (Å²) in [5.41, 5.74) is 1.79. The van der Waals surface area contributed by atoms with Crippen molar-refractivity contribution in [3.63, 3.8) is 0 Å². The molecule has 1 heterocycles. The fourth-order valence-electron chi connectivity index (χ4n) is 2.56. The van der Waals surface area contributed by atoms with Gasteiger partial charge in [0.05, 0.1) is 6.61 Å². The van der Waals surface area contributed by atoms with Crippen LogP contribution >= 0.6 is 11.6 Å². The van der Waals surface area contributed by atoms with E-state index in [9.17, 15) is 0 Å². The van der Waals surface area contributed by atoms with Crippen molar-refractivity contribution in [3.05, 3.63) is 34.9 Å². The van der Waals surface area contributed by atoms with E-state index < -0.39 is 0 Å². The van der Waals surface area contributed by atoms with Gasteiger partial charge in [-0.2, -0.15) is 0 Å². The molecule has 0 radical (unpaired) electrons. The summed E-state index contributed by atoms with van der Waals surface area (Å²) in [6.45, 7) is 2.85. The SMILES string of the molecule is Clc1ccc(C2(CN[C@@H]3CCOC3)CC2)cc1. The van der Waals surface area contributed by atoms with E-state index in [0.29, 0.717) is 11.5 Å². The van der Waals surface area contributed by atoms with Crippen LogP contribution in [0.25, 0.3) is 0 Å². The maximum absolute atomic E-state index is 5.93. The first-order valence-electron chi connectivity index (χ1n) is 6.36. The molecule has 1 aromatic rings. The first-order valence-corrected chi connectivity index (χ1v) is 6.74.